The fraction of sp³-hybridized carbons (Fsp3) is 0.300. The van der Waals surface area contributed by atoms with Crippen LogP contribution in [0.4, 0.5) is 0 Å². The maximum absolute atomic E-state index is 10.7. The summed E-state index contributed by atoms with van der Waals surface area (Å²) in [4.78, 5) is 25.8. The monoisotopic (exact) mass is 302 g/mol. The molecule has 0 aliphatic rings. The molecule has 1 rings (SSSR count). The van der Waals surface area contributed by atoms with Crippen LogP contribution in [-0.2, 0) is 9.59 Å². The van der Waals surface area contributed by atoms with Gasteiger partial charge >= 0.3 is 5.97 Å². The number of aromatic nitrogens is 1. The third-order valence-electron chi connectivity index (χ3n) is 1.83. The Balaban J connectivity index is 0.000000796. The first kappa shape index (κ1) is 17.6. The zero-order chi connectivity index (χ0) is 15.7. The van der Waals surface area contributed by atoms with E-state index in [1.165, 1.54) is 18.3 Å². The van der Waals surface area contributed by atoms with Gasteiger partial charge in [-0.3, -0.25) is 9.59 Å². The Morgan fingerprint density at radius 3 is 2.45 bits per heavy atom. The van der Waals surface area contributed by atoms with Gasteiger partial charge in [-0.2, -0.15) is 0 Å². The SMILES string of the molecule is CC(=O)O.[N-]=[N+]=NC(C(=O)O)C(O)c1cccnc1Cl. The van der Waals surface area contributed by atoms with Gasteiger partial charge in [0.2, 0.25) is 0 Å². The van der Waals surface area contributed by atoms with Gasteiger partial charge in [-0.05, 0) is 11.6 Å². The highest BCUT2D eigenvalue weighted by Gasteiger charge is 2.28. The van der Waals surface area contributed by atoms with Gasteiger partial charge in [0.25, 0.3) is 5.97 Å². The van der Waals surface area contributed by atoms with Crippen LogP contribution >= 0.6 is 11.6 Å². The number of pyridine rings is 1. The van der Waals surface area contributed by atoms with Crippen molar-refractivity contribution in [3.05, 3.63) is 39.5 Å². The van der Waals surface area contributed by atoms with Crippen LogP contribution in [0.15, 0.2) is 23.4 Å². The summed E-state index contributed by atoms with van der Waals surface area (Å²) in [5.74, 6) is -2.27. The molecule has 2 atom stereocenters. The summed E-state index contributed by atoms with van der Waals surface area (Å²) in [7, 11) is 0. The summed E-state index contributed by atoms with van der Waals surface area (Å²) in [5.41, 5.74) is 8.29. The van der Waals surface area contributed by atoms with Crippen LogP contribution in [-0.4, -0.2) is 38.3 Å². The van der Waals surface area contributed by atoms with E-state index >= 15 is 0 Å². The molecule has 0 bridgehead atoms. The molecule has 0 aromatic carbocycles. The summed E-state index contributed by atoms with van der Waals surface area (Å²) in [6.45, 7) is 1.08. The van der Waals surface area contributed by atoms with Crippen molar-refractivity contribution in [2.45, 2.75) is 19.1 Å². The molecule has 0 saturated carbocycles. The molecule has 0 aliphatic heterocycles. The van der Waals surface area contributed by atoms with Gasteiger partial charge in [-0.15, -0.1) is 0 Å². The Morgan fingerprint density at radius 1 is 1.50 bits per heavy atom. The van der Waals surface area contributed by atoms with Crippen LogP contribution in [0.5, 0.6) is 0 Å². The second kappa shape index (κ2) is 8.70. The molecular formula is C10H11ClN4O5. The summed E-state index contributed by atoms with van der Waals surface area (Å²) < 4.78 is 0. The average molecular weight is 303 g/mol. The van der Waals surface area contributed by atoms with Gasteiger partial charge in [0.05, 0.1) is 0 Å². The lowest BCUT2D eigenvalue weighted by Gasteiger charge is -2.15. The van der Waals surface area contributed by atoms with Crippen molar-refractivity contribution in [3.63, 3.8) is 0 Å². The Morgan fingerprint density at radius 2 is 2.05 bits per heavy atom. The highest BCUT2D eigenvalue weighted by Crippen LogP contribution is 2.24. The maximum atomic E-state index is 10.7. The number of aliphatic hydroxyl groups excluding tert-OH is 1. The van der Waals surface area contributed by atoms with E-state index in [1.807, 2.05) is 0 Å². The first-order valence-electron chi connectivity index (χ1n) is 5.06. The normalized spacial score (nSPS) is 12.2. The van der Waals surface area contributed by atoms with Crippen LogP contribution in [0.3, 0.4) is 0 Å². The molecule has 9 nitrogen and oxygen atoms in total. The number of carboxylic acid groups (broad SMARTS) is 2. The Bertz CT molecular complexity index is 526. The minimum Gasteiger partial charge on any atom is -0.481 e. The molecule has 1 aromatic rings. The zero-order valence-electron chi connectivity index (χ0n) is 10.2. The van der Waals surface area contributed by atoms with Crippen molar-refractivity contribution in [3.8, 4) is 0 Å². The summed E-state index contributed by atoms with van der Waals surface area (Å²) in [6.07, 6.45) is -0.142. The van der Waals surface area contributed by atoms with E-state index in [1.54, 1.807) is 0 Å². The number of carboxylic acids is 2. The predicted octanol–water partition coefficient (Wildman–Crippen LogP) is 1.62. The van der Waals surface area contributed by atoms with Crippen molar-refractivity contribution in [2.75, 3.05) is 0 Å². The van der Waals surface area contributed by atoms with Crippen molar-refractivity contribution in [1.82, 2.24) is 4.98 Å². The number of azide groups is 1. The van der Waals surface area contributed by atoms with Crippen molar-refractivity contribution in [1.29, 1.82) is 0 Å². The highest BCUT2D eigenvalue weighted by molar-refractivity contribution is 6.30. The molecule has 2 unspecified atom stereocenters. The average Bonchev–Trinajstić information content (AvgIpc) is 2.34. The fourth-order valence-corrected chi connectivity index (χ4v) is 1.32. The van der Waals surface area contributed by atoms with Crippen LogP contribution in [0.1, 0.15) is 18.6 Å². The van der Waals surface area contributed by atoms with E-state index in [2.05, 4.69) is 15.0 Å². The van der Waals surface area contributed by atoms with E-state index in [4.69, 9.17) is 32.1 Å². The lowest BCUT2D eigenvalue weighted by Crippen LogP contribution is -2.25. The van der Waals surface area contributed by atoms with Crippen LogP contribution in [0.25, 0.3) is 10.4 Å². The minimum absolute atomic E-state index is 0.0330. The summed E-state index contributed by atoms with van der Waals surface area (Å²) in [6, 6.07) is 1.26. The molecule has 0 amide bonds. The van der Waals surface area contributed by atoms with Gasteiger partial charge in [0, 0.05) is 23.6 Å². The molecular weight excluding hydrogens is 292 g/mol. The Labute approximate surface area is 118 Å². The predicted molar refractivity (Wildman–Crippen MR) is 68.1 cm³/mol. The fourth-order valence-electron chi connectivity index (χ4n) is 1.09. The third kappa shape index (κ3) is 6.01. The Hall–Kier alpha value is -2.35. The van der Waals surface area contributed by atoms with Gasteiger partial charge in [-0.1, -0.05) is 22.8 Å². The lowest BCUT2D eigenvalue weighted by molar-refractivity contribution is -0.141. The second-order valence-corrected chi connectivity index (χ2v) is 3.69. The van der Waals surface area contributed by atoms with Crippen molar-refractivity contribution < 1.29 is 24.9 Å². The molecule has 108 valence electrons. The maximum Gasteiger partial charge on any atom is 0.315 e. The molecule has 0 fully saturated rings. The number of hydrogen-bond donors (Lipinski definition) is 3. The standard InChI is InChI=1S/C8H7ClN4O3.C2H4O2/c9-7-4(2-1-3-11-7)6(14)5(8(15)16)12-13-10;1-2(3)4/h1-3,5-6,14H,(H,15,16);1H3,(H,3,4). The number of aliphatic hydroxyl groups is 1. The quantitative estimate of drug-likeness (QED) is 0.332. The smallest absolute Gasteiger partial charge is 0.315 e. The van der Waals surface area contributed by atoms with Crippen LogP contribution in [0, 0.1) is 0 Å². The van der Waals surface area contributed by atoms with Gasteiger partial charge in [-0.25, -0.2) is 4.98 Å². The number of carbonyl (C=O) groups is 2. The van der Waals surface area contributed by atoms with Crippen molar-refractivity contribution >= 4 is 23.5 Å². The van der Waals surface area contributed by atoms with E-state index in [-0.39, 0.29) is 10.7 Å². The molecule has 1 heterocycles. The number of halogens is 1. The molecule has 20 heavy (non-hydrogen) atoms. The minimum atomic E-state index is -1.63. The molecule has 0 radical (unpaired) electrons. The molecule has 1 aromatic heterocycles. The molecule has 0 aliphatic carbocycles. The van der Waals surface area contributed by atoms with E-state index in [9.17, 15) is 9.90 Å². The number of hydrogen-bond acceptors (Lipinski definition) is 5. The molecule has 0 spiro atoms. The number of nitrogens with zero attached hydrogens (tertiary/aromatic N) is 4. The highest BCUT2D eigenvalue weighted by atomic mass is 35.5. The van der Waals surface area contributed by atoms with Crippen LogP contribution in [0.2, 0.25) is 5.15 Å². The third-order valence-corrected chi connectivity index (χ3v) is 2.15. The van der Waals surface area contributed by atoms with E-state index in [0.717, 1.165) is 6.92 Å². The zero-order valence-corrected chi connectivity index (χ0v) is 11.0. The number of aliphatic carboxylic acids is 2. The largest absolute Gasteiger partial charge is 0.481 e. The summed E-state index contributed by atoms with van der Waals surface area (Å²) in [5, 5.41) is 28.8. The first-order valence-corrected chi connectivity index (χ1v) is 5.44. The van der Waals surface area contributed by atoms with Crippen molar-refractivity contribution in [2.24, 2.45) is 5.11 Å². The van der Waals surface area contributed by atoms with E-state index in [0.29, 0.717) is 0 Å². The topological polar surface area (TPSA) is 156 Å². The summed E-state index contributed by atoms with van der Waals surface area (Å²) >= 11 is 5.67. The molecule has 0 saturated heterocycles. The second-order valence-electron chi connectivity index (χ2n) is 3.34. The molecule has 10 heteroatoms. The lowest BCUT2D eigenvalue weighted by atomic mass is 10.1. The Kier molecular flexibility index (Phi) is 7.68. The van der Waals surface area contributed by atoms with Gasteiger partial charge in [0.15, 0.2) is 6.04 Å². The van der Waals surface area contributed by atoms with E-state index < -0.39 is 24.1 Å². The first-order chi connectivity index (χ1) is 9.31. The van der Waals surface area contributed by atoms with Gasteiger partial charge < -0.3 is 15.3 Å². The molecule has 3 N–H and O–H groups in total. The number of rotatable bonds is 4. The van der Waals surface area contributed by atoms with Crippen LogP contribution < -0.4 is 0 Å². The van der Waals surface area contributed by atoms with Gasteiger partial charge in [0.1, 0.15) is 11.3 Å².